The first-order valence-corrected chi connectivity index (χ1v) is 12.4. The smallest absolute Gasteiger partial charge is 0.242 e. The lowest BCUT2D eigenvalue weighted by Crippen LogP contribution is -2.49. The molecule has 1 unspecified atom stereocenters. The number of carbonyl (C=O) groups excluding carboxylic acids is 2. The molecule has 2 aromatic carbocycles. The summed E-state index contributed by atoms with van der Waals surface area (Å²) in [6, 6.07) is 12.9. The number of hydrogen-bond acceptors (Lipinski definition) is 3. The van der Waals surface area contributed by atoms with Crippen molar-refractivity contribution in [2.24, 2.45) is 0 Å². The van der Waals surface area contributed by atoms with Gasteiger partial charge in [-0.1, -0.05) is 72.9 Å². The Bertz CT molecular complexity index is 871. The lowest BCUT2D eigenvalue weighted by atomic mass is 10.1. The van der Waals surface area contributed by atoms with Crippen molar-refractivity contribution in [1.29, 1.82) is 0 Å². The van der Waals surface area contributed by atoms with Crippen LogP contribution in [0.1, 0.15) is 43.4 Å². The van der Waals surface area contributed by atoms with E-state index in [1.807, 2.05) is 45.0 Å². The van der Waals surface area contributed by atoms with E-state index < -0.39 is 6.04 Å². The van der Waals surface area contributed by atoms with Crippen LogP contribution < -0.4 is 5.32 Å². The second kappa shape index (κ2) is 13.0. The molecule has 4 nitrogen and oxygen atoms in total. The molecule has 0 aromatic heterocycles. The number of carbonyl (C=O) groups is 2. The maximum atomic E-state index is 13.2. The second-order valence-corrected chi connectivity index (χ2v) is 9.22. The maximum absolute atomic E-state index is 13.2. The van der Waals surface area contributed by atoms with E-state index in [0.717, 1.165) is 23.1 Å². The highest BCUT2D eigenvalue weighted by Gasteiger charge is 2.28. The highest BCUT2D eigenvalue weighted by atomic mass is 35.5. The number of rotatable bonds is 11. The number of amides is 2. The van der Waals surface area contributed by atoms with Gasteiger partial charge >= 0.3 is 0 Å². The van der Waals surface area contributed by atoms with Gasteiger partial charge in [-0.3, -0.25) is 9.59 Å². The molecule has 1 N–H and O–H groups in total. The highest BCUT2D eigenvalue weighted by molar-refractivity contribution is 7.99. The fourth-order valence-corrected chi connectivity index (χ4v) is 4.93. The number of nitrogens with zero attached hydrogens (tertiary/aromatic N) is 1. The summed E-state index contributed by atoms with van der Waals surface area (Å²) in [6.45, 7) is 6.95. The van der Waals surface area contributed by atoms with E-state index in [-0.39, 0.29) is 17.6 Å². The van der Waals surface area contributed by atoms with Crippen LogP contribution >= 0.6 is 35.0 Å². The molecule has 2 amide bonds. The maximum Gasteiger partial charge on any atom is 0.242 e. The molecule has 0 saturated heterocycles. The molecule has 0 heterocycles. The Labute approximate surface area is 199 Å². The predicted octanol–water partition coefficient (Wildman–Crippen LogP) is 5.87. The van der Waals surface area contributed by atoms with E-state index in [2.05, 4.69) is 5.32 Å². The molecule has 7 heteroatoms. The van der Waals surface area contributed by atoms with Crippen LogP contribution in [0, 0.1) is 6.92 Å². The molecule has 0 fully saturated rings. The normalized spacial score (nSPS) is 11.8. The van der Waals surface area contributed by atoms with Gasteiger partial charge in [0.15, 0.2) is 0 Å². The number of hydrogen-bond donors (Lipinski definition) is 1. The molecule has 0 aliphatic carbocycles. The average Bonchev–Trinajstić information content (AvgIpc) is 2.74. The summed E-state index contributed by atoms with van der Waals surface area (Å²) >= 11 is 13.9. The van der Waals surface area contributed by atoms with E-state index in [9.17, 15) is 9.59 Å². The lowest BCUT2D eigenvalue weighted by Gasteiger charge is -2.30. The van der Waals surface area contributed by atoms with Gasteiger partial charge in [0.05, 0.1) is 5.75 Å². The SMILES string of the molecule is CCCNC(=O)C(CC)N(Cc1cccc(C)c1)C(=O)CSCc1c(Cl)cccc1Cl. The van der Waals surface area contributed by atoms with E-state index in [1.54, 1.807) is 23.1 Å². The number of nitrogens with one attached hydrogen (secondary N) is 1. The zero-order valence-corrected chi connectivity index (χ0v) is 20.6. The number of benzene rings is 2. The van der Waals surface area contributed by atoms with Gasteiger partial charge in [-0.15, -0.1) is 11.8 Å². The minimum Gasteiger partial charge on any atom is -0.354 e. The van der Waals surface area contributed by atoms with Crippen LogP contribution in [0.25, 0.3) is 0 Å². The number of aryl methyl sites for hydroxylation is 1. The van der Waals surface area contributed by atoms with Gasteiger partial charge in [-0.2, -0.15) is 0 Å². The molecule has 0 aliphatic rings. The third kappa shape index (κ3) is 7.74. The Morgan fingerprint density at radius 1 is 1.10 bits per heavy atom. The summed E-state index contributed by atoms with van der Waals surface area (Å²) in [7, 11) is 0. The summed E-state index contributed by atoms with van der Waals surface area (Å²) in [5.74, 6) is 0.587. The molecule has 0 saturated carbocycles. The van der Waals surface area contributed by atoms with Crippen LogP contribution in [0.5, 0.6) is 0 Å². The third-order valence-electron chi connectivity index (χ3n) is 4.90. The minimum atomic E-state index is -0.510. The molecule has 0 aliphatic heterocycles. The zero-order chi connectivity index (χ0) is 22.8. The Hall–Kier alpha value is -1.69. The third-order valence-corrected chi connectivity index (χ3v) is 6.56. The fourth-order valence-electron chi connectivity index (χ4n) is 3.29. The molecule has 0 bridgehead atoms. The molecule has 31 heavy (non-hydrogen) atoms. The number of halogens is 2. The predicted molar refractivity (Wildman–Crippen MR) is 132 cm³/mol. The standard InChI is InChI=1S/C24H30Cl2N2O2S/c1-4-12-27-24(30)22(5-2)28(14-18-9-6-8-17(3)13-18)23(29)16-31-15-19-20(25)10-7-11-21(19)26/h6-11,13,22H,4-5,12,14-16H2,1-3H3,(H,27,30). The minimum absolute atomic E-state index is 0.0758. The Morgan fingerprint density at radius 2 is 1.77 bits per heavy atom. The monoisotopic (exact) mass is 480 g/mol. The Kier molecular flexibility index (Phi) is 10.7. The van der Waals surface area contributed by atoms with Crippen molar-refractivity contribution in [3.63, 3.8) is 0 Å². The van der Waals surface area contributed by atoms with Gasteiger partial charge in [0, 0.05) is 28.9 Å². The van der Waals surface area contributed by atoms with Crippen molar-refractivity contribution in [1.82, 2.24) is 10.2 Å². The first-order chi connectivity index (χ1) is 14.9. The molecule has 0 spiro atoms. The van der Waals surface area contributed by atoms with Crippen molar-refractivity contribution < 1.29 is 9.59 Å². The van der Waals surface area contributed by atoms with Crippen molar-refractivity contribution >= 4 is 46.8 Å². The summed E-state index contributed by atoms with van der Waals surface area (Å²) < 4.78 is 0. The van der Waals surface area contributed by atoms with Gasteiger partial charge in [0.2, 0.25) is 11.8 Å². The first-order valence-electron chi connectivity index (χ1n) is 10.5. The van der Waals surface area contributed by atoms with E-state index in [4.69, 9.17) is 23.2 Å². The summed E-state index contributed by atoms with van der Waals surface area (Å²) in [6.07, 6.45) is 1.40. The topological polar surface area (TPSA) is 49.4 Å². The van der Waals surface area contributed by atoms with Gasteiger partial charge in [0.25, 0.3) is 0 Å². The quantitative estimate of drug-likeness (QED) is 0.437. The van der Waals surface area contributed by atoms with Gasteiger partial charge in [-0.05, 0) is 43.0 Å². The lowest BCUT2D eigenvalue weighted by molar-refractivity contribution is -0.139. The van der Waals surface area contributed by atoms with Gasteiger partial charge in [0.1, 0.15) is 6.04 Å². The summed E-state index contributed by atoms with van der Waals surface area (Å²) in [5.41, 5.74) is 2.95. The van der Waals surface area contributed by atoms with E-state index in [1.165, 1.54) is 11.8 Å². The van der Waals surface area contributed by atoms with Crippen LogP contribution in [0.4, 0.5) is 0 Å². The fraction of sp³-hybridized carbons (Fsp3) is 0.417. The largest absolute Gasteiger partial charge is 0.354 e. The van der Waals surface area contributed by atoms with Crippen LogP contribution in [0.3, 0.4) is 0 Å². The molecule has 1 atom stereocenters. The van der Waals surface area contributed by atoms with Crippen LogP contribution in [-0.4, -0.2) is 35.1 Å². The second-order valence-electron chi connectivity index (χ2n) is 7.42. The zero-order valence-electron chi connectivity index (χ0n) is 18.3. The Morgan fingerprint density at radius 3 is 2.39 bits per heavy atom. The summed E-state index contributed by atoms with van der Waals surface area (Å²) in [4.78, 5) is 27.7. The molecule has 168 valence electrons. The van der Waals surface area contributed by atoms with Crippen molar-refractivity contribution in [3.8, 4) is 0 Å². The molecule has 2 aromatic rings. The summed E-state index contributed by atoms with van der Waals surface area (Å²) in [5, 5.41) is 4.12. The van der Waals surface area contributed by atoms with E-state index in [0.29, 0.717) is 35.3 Å². The number of thioether (sulfide) groups is 1. The Balaban J connectivity index is 2.15. The average molecular weight is 481 g/mol. The van der Waals surface area contributed by atoms with Crippen LogP contribution in [-0.2, 0) is 21.9 Å². The van der Waals surface area contributed by atoms with Crippen molar-refractivity contribution in [2.45, 2.75) is 52.0 Å². The van der Waals surface area contributed by atoms with Crippen LogP contribution in [0.2, 0.25) is 10.0 Å². The van der Waals surface area contributed by atoms with Gasteiger partial charge < -0.3 is 10.2 Å². The molecule has 2 rings (SSSR count). The highest BCUT2D eigenvalue weighted by Crippen LogP contribution is 2.28. The van der Waals surface area contributed by atoms with Crippen LogP contribution in [0.15, 0.2) is 42.5 Å². The van der Waals surface area contributed by atoms with Crippen molar-refractivity contribution in [2.75, 3.05) is 12.3 Å². The molecule has 0 radical (unpaired) electrons. The first kappa shape index (κ1) is 25.6. The molecular weight excluding hydrogens is 451 g/mol. The molecular formula is C24H30Cl2N2O2S. The van der Waals surface area contributed by atoms with E-state index >= 15 is 0 Å². The van der Waals surface area contributed by atoms with Crippen molar-refractivity contribution in [3.05, 3.63) is 69.2 Å². The van der Waals surface area contributed by atoms with Gasteiger partial charge in [-0.25, -0.2) is 0 Å².